The first-order valence-corrected chi connectivity index (χ1v) is 10.4. The number of unbranched alkanes of at least 4 members (excludes halogenated alkanes) is 6. The molecule has 9 nitrogen and oxygen atoms in total. The van der Waals surface area contributed by atoms with Crippen LogP contribution in [0.1, 0.15) is 64.7 Å². The molecule has 0 radical (unpaired) electrons. The number of hydrogen-bond donors (Lipinski definition) is 3. The highest BCUT2D eigenvalue weighted by Gasteiger charge is 2.35. The Labute approximate surface area is 159 Å². The van der Waals surface area contributed by atoms with Gasteiger partial charge in [0.1, 0.15) is 6.23 Å². The number of amides is 1. The van der Waals surface area contributed by atoms with Crippen LogP contribution >= 0.6 is 0 Å². The van der Waals surface area contributed by atoms with E-state index < -0.39 is 45.9 Å². The molecule has 0 aromatic carbocycles. The lowest BCUT2D eigenvalue weighted by molar-refractivity contribution is -0.160. The van der Waals surface area contributed by atoms with Gasteiger partial charge in [-0.05, 0) is 26.2 Å². The third kappa shape index (κ3) is 13.1. The monoisotopic (exact) mass is 407 g/mol. The van der Waals surface area contributed by atoms with Gasteiger partial charge >= 0.3 is 11.9 Å². The van der Waals surface area contributed by atoms with Crippen LogP contribution in [-0.2, 0) is 29.2 Å². The Morgan fingerprint density at radius 2 is 1.63 bits per heavy atom. The number of allylic oxidation sites excluding steroid dienone is 1. The Hall–Kier alpha value is -1.78. The number of aliphatic hydroxyl groups excluding tert-OH is 1. The fraction of sp³-hybridized carbons (Fsp3) is 0.706. The van der Waals surface area contributed by atoms with Crippen LogP contribution in [0.4, 0.5) is 0 Å². The van der Waals surface area contributed by atoms with Crippen LogP contribution in [0.5, 0.6) is 0 Å². The van der Waals surface area contributed by atoms with Gasteiger partial charge in [0, 0.05) is 6.42 Å². The Morgan fingerprint density at radius 1 is 1.07 bits per heavy atom. The zero-order valence-corrected chi connectivity index (χ0v) is 16.4. The molecule has 0 heterocycles. The predicted molar refractivity (Wildman–Crippen MR) is 98.0 cm³/mol. The molecule has 0 saturated carbocycles. The molecule has 156 valence electrons. The van der Waals surface area contributed by atoms with Crippen molar-refractivity contribution in [2.45, 2.75) is 76.2 Å². The number of esters is 2. The summed E-state index contributed by atoms with van der Waals surface area (Å²) in [6.07, 6.45) is 5.90. The summed E-state index contributed by atoms with van der Waals surface area (Å²) in [6.45, 7) is 4.80. The maximum atomic E-state index is 11.7. The van der Waals surface area contributed by atoms with Crippen molar-refractivity contribution in [1.82, 2.24) is 5.32 Å². The molecule has 10 heteroatoms. The highest BCUT2D eigenvalue weighted by atomic mass is 32.2. The highest BCUT2D eigenvalue weighted by molar-refractivity contribution is 7.87. The first-order valence-electron chi connectivity index (χ1n) is 8.87. The molecule has 0 aliphatic heterocycles. The van der Waals surface area contributed by atoms with E-state index in [-0.39, 0.29) is 6.42 Å². The van der Waals surface area contributed by atoms with Gasteiger partial charge in [0.25, 0.3) is 10.1 Å². The van der Waals surface area contributed by atoms with Gasteiger partial charge in [0.05, 0.1) is 6.42 Å². The van der Waals surface area contributed by atoms with Gasteiger partial charge in [-0.3, -0.25) is 18.9 Å². The zero-order valence-electron chi connectivity index (χ0n) is 15.6. The lowest BCUT2D eigenvalue weighted by atomic mass is 10.1. The second-order valence-corrected chi connectivity index (χ2v) is 7.79. The van der Waals surface area contributed by atoms with Crippen LogP contribution in [-0.4, -0.2) is 47.4 Å². The van der Waals surface area contributed by atoms with Crippen molar-refractivity contribution in [1.29, 1.82) is 0 Å². The first-order chi connectivity index (χ1) is 12.6. The molecule has 1 amide bonds. The third-order valence-corrected chi connectivity index (χ3v) is 4.72. The highest BCUT2D eigenvalue weighted by Crippen LogP contribution is 2.11. The molecular formula is C17H29NO8S. The standard InChI is InChI=1S/C17H29NO8S/c1-3-4-5-6-7-8-9-10-11-15(20)26-16(21)12-14(27(23,24)25)17(22)18-13(2)19/h3,13-14,19H,1,4-12H2,2H3,(H,18,22)(H,23,24,25). The average Bonchev–Trinajstić information content (AvgIpc) is 2.53. The number of carbonyl (C=O) groups excluding carboxylic acids is 3. The summed E-state index contributed by atoms with van der Waals surface area (Å²) < 4.78 is 36.0. The van der Waals surface area contributed by atoms with Crippen LogP contribution in [0.3, 0.4) is 0 Å². The van der Waals surface area contributed by atoms with Gasteiger partial charge in [-0.15, -0.1) is 6.58 Å². The van der Waals surface area contributed by atoms with Crippen molar-refractivity contribution >= 4 is 28.0 Å². The molecule has 0 aliphatic carbocycles. The molecule has 0 fully saturated rings. The van der Waals surface area contributed by atoms with Crippen LogP contribution < -0.4 is 5.32 Å². The molecule has 0 bridgehead atoms. The lowest BCUT2D eigenvalue weighted by Crippen LogP contribution is -2.44. The number of hydrogen-bond acceptors (Lipinski definition) is 7. The van der Waals surface area contributed by atoms with E-state index in [9.17, 15) is 22.8 Å². The van der Waals surface area contributed by atoms with Gasteiger partial charge in [-0.25, -0.2) is 0 Å². The molecule has 3 N–H and O–H groups in total. The van der Waals surface area contributed by atoms with Crippen molar-refractivity contribution in [3.8, 4) is 0 Å². The van der Waals surface area contributed by atoms with Crippen molar-refractivity contribution in [3.63, 3.8) is 0 Å². The molecule has 0 aliphatic rings. The molecule has 0 spiro atoms. The number of aliphatic hydroxyl groups is 1. The van der Waals surface area contributed by atoms with Gasteiger partial charge in [-0.1, -0.05) is 31.8 Å². The quantitative estimate of drug-likeness (QED) is 0.0979. The summed E-state index contributed by atoms with van der Waals surface area (Å²) in [6, 6.07) is 0. The van der Waals surface area contributed by atoms with Crippen molar-refractivity contribution in [2.75, 3.05) is 0 Å². The van der Waals surface area contributed by atoms with Crippen molar-refractivity contribution in [2.24, 2.45) is 0 Å². The van der Waals surface area contributed by atoms with E-state index in [1.54, 1.807) is 0 Å². The van der Waals surface area contributed by atoms with Crippen LogP contribution in [0.15, 0.2) is 12.7 Å². The lowest BCUT2D eigenvalue weighted by Gasteiger charge is -2.14. The SMILES string of the molecule is C=CCCCCCCCCC(=O)OC(=O)CC(C(=O)NC(C)O)S(=O)(=O)O. The Bertz CT molecular complexity index is 600. The summed E-state index contributed by atoms with van der Waals surface area (Å²) >= 11 is 0. The minimum atomic E-state index is -4.92. The predicted octanol–water partition coefficient (Wildman–Crippen LogP) is 1.46. The largest absolute Gasteiger partial charge is 0.393 e. The normalized spacial score (nSPS) is 13.4. The summed E-state index contributed by atoms with van der Waals surface area (Å²) in [7, 11) is -4.92. The maximum absolute atomic E-state index is 11.7. The molecular weight excluding hydrogens is 378 g/mol. The van der Waals surface area contributed by atoms with E-state index >= 15 is 0 Å². The number of ether oxygens (including phenoxy) is 1. The molecule has 27 heavy (non-hydrogen) atoms. The summed E-state index contributed by atoms with van der Waals surface area (Å²) in [5.41, 5.74) is 0. The zero-order chi connectivity index (χ0) is 20.9. The topological polar surface area (TPSA) is 147 Å². The van der Waals surface area contributed by atoms with E-state index in [1.165, 1.54) is 0 Å². The Balaban J connectivity index is 4.24. The van der Waals surface area contributed by atoms with Gasteiger partial charge < -0.3 is 15.2 Å². The first kappa shape index (κ1) is 25.2. The second-order valence-electron chi connectivity index (χ2n) is 6.19. The smallest absolute Gasteiger partial charge is 0.315 e. The second kappa shape index (κ2) is 13.4. The van der Waals surface area contributed by atoms with E-state index in [1.807, 2.05) is 11.4 Å². The maximum Gasteiger partial charge on any atom is 0.315 e. The fourth-order valence-corrected chi connectivity index (χ4v) is 2.95. The van der Waals surface area contributed by atoms with Crippen LogP contribution in [0, 0.1) is 0 Å². The van der Waals surface area contributed by atoms with Crippen LogP contribution in [0.25, 0.3) is 0 Å². The van der Waals surface area contributed by atoms with Gasteiger partial charge in [0.15, 0.2) is 5.25 Å². The summed E-state index contributed by atoms with van der Waals surface area (Å²) in [4.78, 5) is 34.9. The summed E-state index contributed by atoms with van der Waals surface area (Å²) in [5.74, 6) is -3.34. The Morgan fingerprint density at radius 3 is 2.15 bits per heavy atom. The molecule has 0 aromatic heterocycles. The third-order valence-electron chi connectivity index (χ3n) is 3.62. The average molecular weight is 407 g/mol. The van der Waals surface area contributed by atoms with Gasteiger partial charge in [0.2, 0.25) is 5.91 Å². The van der Waals surface area contributed by atoms with Crippen LogP contribution in [0.2, 0.25) is 0 Å². The van der Waals surface area contributed by atoms with E-state index in [0.29, 0.717) is 6.42 Å². The fourth-order valence-electron chi connectivity index (χ4n) is 2.27. The minimum Gasteiger partial charge on any atom is -0.393 e. The van der Waals surface area contributed by atoms with E-state index in [0.717, 1.165) is 45.4 Å². The summed E-state index contributed by atoms with van der Waals surface area (Å²) in [5, 5.41) is 8.73. The van der Waals surface area contributed by atoms with Crippen molar-refractivity contribution in [3.05, 3.63) is 12.7 Å². The molecule has 2 atom stereocenters. The molecule has 0 aromatic rings. The van der Waals surface area contributed by atoms with E-state index in [2.05, 4.69) is 11.3 Å². The molecule has 0 rings (SSSR count). The minimum absolute atomic E-state index is 0.00515. The molecule has 0 saturated heterocycles. The Kier molecular flexibility index (Phi) is 12.5. The molecule has 2 unspecified atom stereocenters. The number of rotatable bonds is 14. The van der Waals surface area contributed by atoms with Gasteiger partial charge in [-0.2, -0.15) is 8.42 Å². The van der Waals surface area contributed by atoms with E-state index in [4.69, 9.17) is 9.66 Å². The number of nitrogens with one attached hydrogen (secondary N) is 1. The van der Waals surface area contributed by atoms with Crippen molar-refractivity contribution < 1.29 is 37.2 Å². The number of carbonyl (C=O) groups is 3.